The van der Waals surface area contributed by atoms with Gasteiger partial charge in [0, 0.05) is 47.0 Å². The molecule has 1 amide bonds. The summed E-state index contributed by atoms with van der Waals surface area (Å²) < 4.78 is 0.955. The van der Waals surface area contributed by atoms with Crippen molar-refractivity contribution in [2.24, 2.45) is 0 Å². The number of halogens is 2. The highest BCUT2D eigenvalue weighted by Crippen LogP contribution is 2.19. The van der Waals surface area contributed by atoms with Crippen molar-refractivity contribution in [3.63, 3.8) is 0 Å². The first-order valence-corrected chi connectivity index (χ1v) is 9.05. The van der Waals surface area contributed by atoms with Gasteiger partial charge >= 0.3 is 0 Å². The first-order valence-electron chi connectivity index (χ1n) is 7.88. The van der Waals surface area contributed by atoms with Crippen LogP contribution in [0.25, 0.3) is 0 Å². The van der Waals surface area contributed by atoms with Crippen LogP contribution in [0.3, 0.4) is 0 Å². The largest absolute Gasteiger partial charge is 0.369 e. The van der Waals surface area contributed by atoms with Gasteiger partial charge in [-0.2, -0.15) is 0 Å². The maximum absolute atomic E-state index is 12.2. The number of anilines is 2. The first kappa shape index (κ1) is 17.3. The van der Waals surface area contributed by atoms with E-state index in [0.29, 0.717) is 6.54 Å². The van der Waals surface area contributed by atoms with Crippen LogP contribution in [0, 0.1) is 0 Å². The Kier molecular flexibility index (Phi) is 5.76. The standard InChI is InChI=1S/C18H19BrClN3O/c19-14-2-1-3-16(12-14)21-18(24)13-22-8-10-23(11-9-22)17-6-4-15(20)5-7-17/h1-7,12H,8-11,13H2,(H,21,24). The zero-order valence-electron chi connectivity index (χ0n) is 13.2. The molecule has 0 atom stereocenters. The van der Waals surface area contributed by atoms with E-state index in [1.165, 1.54) is 5.69 Å². The average molecular weight is 409 g/mol. The van der Waals surface area contributed by atoms with Crippen LogP contribution >= 0.6 is 27.5 Å². The van der Waals surface area contributed by atoms with E-state index < -0.39 is 0 Å². The van der Waals surface area contributed by atoms with E-state index >= 15 is 0 Å². The van der Waals surface area contributed by atoms with Gasteiger partial charge in [0.05, 0.1) is 6.54 Å². The van der Waals surface area contributed by atoms with E-state index in [1.54, 1.807) is 0 Å². The third kappa shape index (κ3) is 4.72. The van der Waals surface area contributed by atoms with Crippen LogP contribution < -0.4 is 10.2 Å². The quantitative estimate of drug-likeness (QED) is 0.834. The fourth-order valence-corrected chi connectivity index (χ4v) is 3.31. The molecular formula is C18H19BrClN3O. The lowest BCUT2D eigenvalue weighted by molar-refractivity contribution is -0.117. The molecule has 3 rings (SSSR count). The molecule has 6 heteroatoms. The predicted octanol–water partition coefficient (Wildman–Crippen LogP) is 3.86. The number of benzene rings is 2. The molecule has 1 N–H and O–H groups in total. The normalized spacial score (nSPS) is 15.3. The third-order valence-corrected chi connectivity index (χ3v) is 4.78. The van der Waals surface area contributed by atoms with Gasteiger partial charge in [0.25, 0.3) is 0 Å². The predicted molar refractivity (Wildman–Crippen MR) is 103 cm³/mol. The minimum Gasteiger partial charge on any atom is -0.369 e. The summed E-state index contributed by atoms with van der Waals surface area (Å²) in [6.07, 6.45) is 0. The van der Waals surface area contributed by atoms with E-state index in [0.717, 1.165) is 41.4 Å². The maximum atomic E-state index is 12.2. The van der Waals surface area contributed by atoms with Gasteiger partial charge in [0.1, 0.15) is 0 Å². The van der Waals surface area contributed by atoms with Crippen molar-refractivity contribution in [1.82, 2.24) is 4.90 Å². The topological polar surface area (TPSA) is 35.6 Å². The summed E-state index contributed by atoms with van der Waals surface area (Å²) in [7, 11) is 0. The van der Waals surface area contributed by atoms with Crippen molar-refractivity contribution in [1.29, 1.82) is 0 Å². The molecule has 1 aliphatic rings. The van der Waals surface area contributed by atoms with Gasteiger partial charge in [-0.05, 0) is 42.5 Å². The molecule has 0 unspecified atom stereocenters. The fourth-order valence-electron chi connectivity index (χ4n) is 2.79. The zero-order valence-corrected chi connectivity index (χ0v) is 15.6. The molecule has 0 bridgehead atoms. The van der Waals surface area contributed by atoms with Crippen molar-refractivity contribution in [2.75, 3.05) is 42.9 Å². The number of nitrogens with zero attached hydrogens (tertiary/aromatic N) is 2. The molecule has 1 saturated heterocycles. The summed E-state index contributed by atoms with van der Waals surface area (Å²) in [6.45, 7) is 3.97. The number of carbonyl (C=O) groups is 1. The van der Waals surface area contributed by atoms with Crippen LogP contribution in [0.1, 0.15) is 0 Å². The minimum atomic E-state index is 0.0213. The molecule has 1 heterocycles. The van der Waals surface area contributed by atoms with E-state index in [2.05, 4.69) is 31.0 Å². The van der Waals surface area contributed by atoms with Crippen molar-refractivity contribution < 1.29 is 4.79 Å². The maximum Gasteiger partial charge on any atom is 0.238 e. The van der Waals surface area contributed by atoms with Gasteiger partial charge in [0.15, 0.2) is 0 Å². The van der Waals surface area contributed by atoms with E-state index in [-0.39, 0.29) is 5.91 Å². The molecule has 1 fully saturated rings. The number of amides is 1. The van der Waals surface area contributed by atoms with Gasteiger partial charge in [-0.3, -0.25) is 9.69 Å². The molecule has 0 aliphatic carbocycles. The highest BCUT2D eigenvalue weighted by Gasteiger charge is 2.19. The summed E-state index contributed by atoms with van der Waals surface area (Å²) in [6, 6.07) is 15.5. The van der Waals surface area contributed by atoms with Crippen molar-refractivity contribution >= 4 is 44.8 Å². The Labute approximate surface area is 155 Å². The van der Waals surface area contributed by atoms with Gasteiger partial charge < -0.3 is 10.2 Å². The molecule has 0 saturated carbocycles. The Bertz CT molecular complexity index is 700. The summed E-state index contributed by atoms with van der Waals surface area (Å²) in [5, 5.41) is 3.69. The van der Waals surface area contributed by atoms with Gasteiger partial charge in [-0.1, -0.05) is 33.6 Å². The summed E-state index contributed by atoms with van der Waals surface area (Å²) >= 11 is 9.34. The zero-order chi connectivity index (χ0) is 16.9. The van der Waals surface area contributed by atoms with Gasteiger partial charge in [0.2, 0.25) is 5.91 Å². The number of carbonyl (C=O) groups excluding carboxylic acids is 1. The number of hydrogen-bond acceptors (Lipinski definition) is 3. The molecule has 0 aromatic heterocycles. The van der Waals surface area contributed by atoms with E-state index in [4.69, 9.17) is 11.6 Å². The molecule has 1 aliphatic heterocycles. The van der Waals surface area contributed by atoms with Crippen LogP contribution in [-0.4, -0.2) is 43.5 Å². The molecule has 2 aromatic carbocycles. The molecule has 126 valence electrons. The lowest BCUT2D eigenvalue weighted by Gasteiger charge is -2.35. The van der Waals surface area contributed by atoms with E-state index in [1.807, 2.05) is 48.5 Å². The summed E-state index contributed by atoms with van der Waals surface area (Å²) in [4.78, 5) is 16.7. The van der Waals surface area contributed by atoms with Crippen LogP contribution in [0.15, 0.2) is 53.0 Å². The number of piperazine rings is 1. The van der Waals surface area contributed by atoms with Crippen LogP contribution in [0.2, 0.25) is 5.02 Å². The summed E-state index contributed by atoms with van der Waals surface area (Å²) in [5.74, 6) is 0.0213. The SMILES string of the molecule is O=C(CN1CCN(c2ccc(Cl)cc2)CC1)Nc1cccc(Br)c1. The Morgan fingerprint density at radius 3 is 2.46 bits per heavy atom. The van der Waals surface area contributed by atoms with Gasteiger partial charge in [-0.15, -0.1) is 0 Å². The van der Waals surface area contributed by atoms with E-state index in [9.17, 15) is 4.79 Å². The molecule has 0 radical (unpaired) electrons. The number of nitrogens with one attached hydrogen (secondary N) is 1. The highest BCUT2D eigenvalue weighted by atomic mass is 79.9. The smallest absolute Gasteiger partial charge is 0.238 e. The monoisotopic (exact) mass is 407 g/mol. The van der Waals surface area contributed by atoms with Crippen molar-refractivity contribution in [3.8, 4) is 0 Å². The van der Waals surface area contributed by atoms with Crippen LogP contribution in [-0.2, 0) is 4.79 Å². The number of rotatable bonds is 4. The lowest BCUT2D eigenvalue weighted by Crippen LogP contribution is -2.48. The molecule has 24 heavy (non-hydrogen) atoms. The Morgan fingerprint density at radius 1 is 1.08 bits per heavy atom. The van der Waals surface area contributed by atoms with Gasteiger partial charge in [-0.25, -0.2) is 0 Å². The summed E-state index contributed by atoms with van der Waals surface area (Å²) in [5.41, 5.74) is 1.99. The van der Waals surface area contributed by atoms with Crippen LogP contribution in [0.5, 0.6) is 0 Å². The molecule has 2 aromatic rings. The second kappa shape index (κ2) is 8.01. The minimum absolute atomic E-state index is 0.0213. The lowest BCUT2D eigenvalue weighted by atomic mass is 10.2. The second-order valence-corrected chi connectivity index (χ2v) is 7.15. The Hall–Kier alpha value is -1.56. The first-order chi connectivity index (χ1) is 11.6. The third-order valence-electron chi connectivity index (χ3n) is 4.04. The molecular weight excluding hydrogens is 390 g/mol. The van der Waals surface area contributed by atoms with Crippen LogP contribution in [0.4, 0.5) is 11.4 Å². The number of hydrogen-bond donors (Lipinski definition) is 1. The fraction of sp³-hybridized carbons (Fsp3) is 0.278. The second-order valence-electron chi connectivity index (χ2n) is 5.80. The Morgan fingerprint density at radius 2 is 1.79 bits per heavy atom. The molecule has 0 spiro atoms. The van der Waals surface area contributed by atoms with Crippen molar-refractivity contribution in [3.05, 3.63) is 58.0 Å². The average Bonchev–Trinajstić information content (AvgIpc) is 2.56. The highest BCUT2D eigenvalue weighted by molar-refractivity contribution is 9.10. The van der Waals surface area contributed by atoms with Crippen molar-refractivity contribution in [2.45, 2.75) is 0 Å². The molecule has 4 nitrogen and oxygen atoms in total. The Balaban J connectivity index is 1.48.